The number of likely N-dealkylation sites (N-methyl/N-ethyl adjacent to an activating group) is 1. The van der Waals surface area contributed by atoms with Gasteiger partial charge in [0.25, 0.3) is 0 Å². The highest BCUT2D eigenvalue weighted by molar-refractivity contribution is 6.33. The number of ketones is 2. The molecular weight excluding hydrogens is 344 g/mol. The molecule has 140 valence electrons. The first kappa shape index (κ1) is 18.6. The SMILES string of the molecule is COc1cc(C(C)C)ccc1C1(N(C)C(N)=O)C(=O)c2ccccc2C1=O. The lowest BCUT2D eigenvalue weighted by Crippen LogP contribution is -2.56. The van der Waals surface area contributed by atoms with E-state index in [2.05, 4.69) is 0 Å². The number of fused-ring (bicyclic) bond motifs is 1. The molecule has 0 unspecified atom stereocenters. The molecule has 0 saturated heterocycles. The standard InChI is InChI=1S/C21H22N2O4/c1-12(2)13-9-10-16(17(11-13)27-4)21(23(3)20(22)26)18(24)14-7-5-6-8-15(14)19(21)25/h5-12H,1-4H3,(H2,22,26). The highest BCUT2D eigenvalue weighted by Crippen LogP contribution is 2.45. The number of primary amides is 1. The Balaban J connectivity index is 2.35. The van der Waals surface area contributed by atoms with Crippen LogP contribution in [0.3, 0.4) is 0 Å². The number of Topliss-reactive ketones (excluding diaryl/α,β-unsaturated/α-hetero) is 2. The zero-order valence-electron chi connectivity index (χ0n) is 15.8. The van der Waals surface area contributed by atoms with Gasteiger partial charge in [0.1, 0.15) is 5.75 Å². The van der Waals surface area contributed by atoms with E-state index in [1.165, 1.54) is 14.2 Å². The molecule has 0 atom stereocenters. The summed E-state index contributed by atoms with van der Waals surface area (Å²) in [5.41, 5.74) is 5.46. The van der Waals surface area contributed by atoms with Crippen molar-refractivity contribution in [2.45, 2.75) is 25.3 Å². The van der Waals surface area contributed by atoms with Crippen molar-refractivity contribution in [1.82, 2.24) is 4.90 Å². The molecule has 6 heteroatoms. The Bertz CT molecular complexity index is 914. The highest BCUT2D eigenvalue weighted by atomic mass is 16.5. The van der Waals surface area contributed by atoms with E-state index >= 15 is 0 Å². The van der Waals surface area contributed by atoms with Gasteiger partial charge < -0.3 is 15.4 Å². The third-order valence-corrected chi connectivity index (χ3v) is 5.19. The quantitative estimate of drug-likeness (QED) is 0.842. The Morgan fingerprint density at radius 2 is 1.63 bits per heavy atom. The number of nitrogens with two attached hydrogens (primary N) is 1. The third kappa shape index (κ3) is 2.51. The number of amides is 2. The Hall–Kier alpha value is -3.15. The van der Waals surface area contributed by atoms with Crippen LogP contribution < -0.4 is 10.5 Å². The summed E-state index contributed by atoms with van der Waals surface area (Å²) in [5.74, 6) is -0.381. The zero-order chi connectivity index (χ0) is 19.9. The van der Waals surface area contributed by atoms with Crippen molar-refractivity contribution in [2.75, 3.05) is 14.2 Å². The fourth-order valence-electron chi connectivity index (χ4n) is 3.63. The predicted octanol–water partition coefficient (Wildman–Crippen LogP) is 3.10. The van der Waals surface area contributed by atoms with E-state index in [0.717, 1.165) is 10.5 Å². The lowest BCUT2D eigenvalue weighted by molar-refractivity contribution is 0.0604. The molecular formula is C21H22N2O4. The fraction of sp³-hybridized carbons (Fsp3) is 0.286. The van der Waals surface area contributed by atoms with E-state index in [-0.39, 0.29) is 17.0 Å². The van der Waals surface area contributed by atoms with Crippen LogP contribution in [0, 0.1) is 0 Å². The number of ether oxygens (including phenoxy) is 1. The molecule has 0 fully saturated rings. The molecule has 0 aliphatic heterocycles. The molecule has 2 N–H and O–H groups in total. The number of hydrogen-bond acceptors (Lipinski definition) is 4. The summed E-state index contributed by atoms with van der Waals surface area (Å²) < 4.78 is 5.52. The average molecular weight is 366 g/mol. The van der Waals surface area contributed by atoms with Crippen LogP contribution in [0.25, 0.3) is 0 Å². The van der Waals surface area contributed by atoms with Gasteiger partial charge in [0.2, 0.25) is 11.6 Å². The summed E-state index contributed by atoms with van der Waals surface area (Å²) in [5, 5.41) is 0. The molecule has 0 heterocycles. The number of hydrogen-bond donors (Lipinski definition) is 1. The maximum atomic E-state index is 13.4. The highest BCUT2D eigenvalue weighted by Gasteiger charge is 2.59. The minimum atomic E-state index is -1.88. The molecule has 2 aromatic rings. The minimum absolute atomic E-state index is 0.227. The van der Waals surface area contributed by atoms with E-state index in [1.807, 2.05) is 19.9 Å². The monoisotopic (exact) mass is 366 g/mol. The maximum absolute atomic E-state index is 13.4. The van der Waals surface area contributed by atoms with Crippen LogP contribution in [-0.2, 0) is 5.54 Å². The van der Waals surface area contributed by atoms with Crippen LogP contribution in [0.1, 0.15) is 51.6 Å². The van der Waals surface area contributed by atoms with Crippen molar-refractivity contribution in [2.24, 2.45) is 5.73 Å². The van der Waals surface area contributed by atoms with Crippen molar-refractivity contribution in [3.63, 3.8) is 0 Å². The number of benzene rings is 2. The van der Waals surface area contributed by atoms with Crippen molar-refractivity contribution in [1.29, 1.82) is 0 Å². The summed E-state index contributed by atoms with van der Waals surface area (Å²) >= 11 is 0. The van der Waals surface area contributed by atoms with Gasteiger partial charge in [0.15, 0.2) is 5.54 Å². The Morgan fingerprint density at radius 3 is 2.07 bits per heavy atom. The Kier molecular flexibility index (Phi) is 4.51. The van der Waals surface area contributed by atoms with E-state index in [4.69, 9.17) is 10.5 Å². The van der Waals surface area contributed by atoms with Crippen LogP contribution in [-0.4, -0.2) is 36.7 Å². The van der Waals surface area contributed by atoms with E-state index in [1.54, 1.807) is 36.4 Å². The minimum Gasteiger partial charge on any atom is -0.496 e. The largest absolute Gasteiger partial charge is 0.496 e. The molecule has 0 saturated carbocycles. The summed E-state index contributed by atoms with van der Waals surface area (Å²) in [6.07, 6.45) is 0. The number of nitrogens with zero attached hydrogens (tertiary/aromatic N) is 1. The molecule has 0 radical (unpaired) electrons. The normalized spacial score (nSPS) is 15.0. The molecule has 6 nitrogen and oxygen atoms in total. The topological polar surface area (TPSA) is 89.7 Å². The number of rotatable bonds is 4. The van der Waals surface area contributed by atoms with Crippen LogP contribution in [0.15, 0.2) is 42.5 Å². The van der Waals surface area contributed by atoms with Crippen molar-refractivity contribution < 1.29 is 19.1 Å². The van der Waals surface area contributed by atoms with Crippen LogP contribution >= 0.6 is 0 Å². The van der Waals surface area contributed by atoms with Gasteiger partial charge >= 0.3 is 6.03 Å². The third-order valence-electron chi connectivity index (χ3n) is 5.19. The molecule has 2 amide bonds. The first-order valence-electron chi connectivity index (χ1n) is 8.67. The van der Waals surface area contributed by atoms with Gasteiger partial charge in [-0.1, -0.05) is 50.2 Å². The van der Waals surface area contributed by atoms with E-state index in [0.29, 0.717) is 11.3 Å². The number of methoxy groups -OCH3 is 1. The van der Waals surface area contributed by atoms with E-state index < -0.39 is 23.1 Å². The lowest BCUT2D eigenvalue weighted by Gasteiger charge is -2.36. The lowest BCUT2D eigenvalue weighted by atomic mass is 9.81. The van der Waals surface area contributed by atoms with Gasteiger partial charge in [0, 0.05) is 23.7 Å². The maximum Gasteiger partial charge on any atom is 0.315 e. The second-order valence-corrected chi connectivity index (χ2v) is 6.93. The van der Waals surface area contributed by atoms with Gasteiger partial charge in [-0.3, -0.25) is 9.59 Å². The Labute approximate surface area is 157 Å². The molecule has 27 heavy (non-hydrogen) atoms. The molecule has 0 bridgehead atoms. The first-order chi connectivity index (χ1) is 12.8. The summed E-state index contributed by atoms with van der Waals surface area (Å²) in [7, 11) is 2.83. The second-order valence-electron chi connectivity index (χ2n) is 6.93. The fourth-order valence-corrected chi connectivity index (χ4v) is 3.63. The molecule has 0 aromatic heterocycles. The smallest absolute Gasteiger partial charge is 0.315 e. The molecule has 1 aliphatic rings. The predicted molar refractivity (Wildman–Crippen MR) is 101 cm³/mol. The van der Waals surface area contributed by atoms with Crippen molar-refractivity contribution in [3.8, 4) is 5.75 Å². The van der Waals surface area contributed by atoms with E-state index in [9.17, 15) is 14.4 Å². The first-order valence-corrected chi connectivity index (χ1v) is 8.67. The van der Waals surface area contributed by atoms with Gasteiger partial charge in [0.05, 0.1) is 7.11 Å². The molecule has 1 aliphatic carbocycles. The van der Waals surface area contributed by atoms with Crippen LogP contribution in [0.5, 0.6) is 5.75 Å². The average Bonchev–Trinajstić information content (AvgIpc) is 2.89. The van der Waals surface area contributed by atoms with Gasteiger partial charge in [-0.15, -0.1) is 0 Å². The van der Waals surface area contributed by atoms with Gasteiger partial charge in [-0.2, -0.15) is 0 Å². The number of urea groups is 1. The number of carbonyl (C=O) groups is 3. The Morgan fingerprint density at radius 1 is 1.07 bits per heavy atom. The van der Waals surface area contributed by atoms with Gasteiger partial charge in [-0.05, 0) is 17.5 Å². The van der Waals surface area contributed by atoms with Crippen LogP contribution in [0.2, 0.25) is 0 Å². The summed E-state index contributed by atoms with van der Waals surface area (Å²) in [6, 6.07) is 11.0. The summed E-state index contributed by atoms with van der Waals surface area (Å²) in [4.78, 5) is 40.0. The van der Waals surface area contributed by atoms with Crippen molar-refractivity contribution in [3.05, 3.63) is 64.7 Å². The summed E-state index contributed by atoms with van der Waals surface area (Å²) in [6.45, 7) is 4.06. The molecule has 3 rings (SSSR count). The van der Waals surface area contributed by atoms with Crippen LogP contribution in [0.4, 0.5) is 4.79 Å². The zero-order valence-corrected chi connectivity index (χ0v) is 15.8. The second kappa shape index (κ2) is 6.54. The number of carbonyl (C=O) groups excluding carboxylic acids is 3. The van der Waals surface area contributed by atoms with Gasteiger partial charge in [-0.25, -0.2) is 4.79 Å². The van der Waals surface area contributed by atoms with Crippen molar-refractivity contribution >= 4 is 17.6 Å². The molecule has 2 aromatic carbocycles. The molecule has 0 spiro atoms.